The predicted octanol–water partition coefficient (Wildman–Crippen LogP) is 4.50. The van der Waals surface area contributed by atoms with Crippen LogP contribution in [0, 0.1) is 0 Å². The van der Waals surface area contributed by atoms with Crippen molar-refractivity contribution in [3.05, 3.63) is 90.5 Å². The van der Waals surface area contributed by atoms with E-state index in [1.807, 2.05) is 43.3 Å². The first-order valence-corrected chi connectivity index (χ1v) is 9.65. The largest absolute Gasteiger partial charge is 0.481 e. The summed E-state index contributed by atoms with van der Waals surface area (Å²) in [5.41, 5.74) is 2.01. The molecule has 0 aliphatic heterocycles. The third-order valence-corrected chi connectivity index (χ3v) is 4.77. The van der Waals surface area contributed by atoms with Gasteiger partial charge in [0.2, 0.25) is 5.78 Å². The maximum Gasteiger partial charge on any atom is 0.313 e. The molecule has 0 aliphatic rings. The Kier molecular flexibility index (Phi) is 8.24. The predicted molar refractivity (Wildman–Crippen MR) is 113 cm³/mol. The normalized spacial score (nSPS) is 11.4. The van der Waals surface area contributed by atoms with Gasteiger partial charge in [0, 0.05) is 29.4 Å². The fourth-order valence-electron chi connectivity index (χ4n) is 2.50. The molecule has 5 nitrogen and oxygen atoms in total. The summed E-state index contributed by atoms with van der Waals surface area (Å²) in [4.78, 5) is 30.1. The van der Waals surface area contributed by atoms with Gasteiger partial charge in [0.1, 0.15) is 0 Å². The molecule has 144 valence electrons. The molecular formula is C22H22N2O3S. The van der Waals surface area contributed by atoms with Gasteiger partial charge in [-0.05, 0) is 43.0 Å². The molecule has 1 aromatic heterocycles. The molecule has 1 N–H and O–H groups in total. The quantitative estimate of drug-likeness (QED) is 0.363. The Hall–Kier alpha value is -3.12. The van der Waals surface area contributed by atoms with Crippen molar-refractivity contribution in [1.29, 1.82) is 0 Å². The third-order valence-electron chi connectivity index (χ3n) is 3.79. The van der Waals surface area contributed by atoms with Crippen molar-refractivity contribution in [3.8, 4) is 0 Å². The molecule has 6 heteroatoms. The standard InChI is InChI=1S/C22H22N2O3S/c1-3-20(22(27)18-10-6-12-23-15-18)24(4-2)13-7-9-17-8-5-11-19(14-17)28-16-21(25)26/h3-12,14-15H,2,13,16H2,1H3,(H,25,26)/b9-7+,20-3-. The second-order valence-electron chi connectivity index (χ2n) is 5.74. The third kappa shape index (κ3) is 6.25. The molecule has 0 saturated carbocycles. The molecule has 28 heavy (non-hydrogen) atoms. The number of hydrogen-bond acceptors (Lipinski definition) is 5. The number of thioether (sulfide) groups is 1. The number of hydrogen-bond donors (Lipinski definition) is 1. The van der Waals surface area contributed by atoms with E-state index in [4.69, 9.17) is 5.11 Å². The molecule has 0 aliphatic carbocycles. The number of Topliss-reactive ketones (excluding diaryl/α,β-unsaturated/α-hetero) is 1. The lowest BCUT2D eigenvalue weighted by Crippen LogP contribution is -2.22. The number of rotatable bonds is 10. The van der Waals surface area contributed by atoms with E-state index < -0.39 is 5.97 Å². The average Bonchev–Trinajstić information content (AvgIpc) is 2.72. The summed E-state index contributed by atoms with van der Waals surface area (Å²) in [5, 5.41) is 8.79. The van der Waals surface area contributed by atoms with E-state index in [-0.39, 0.29) is 11.5 Å². The molecule has 1 aromatic carbocycles. The number of carbonyl (C=O) groups excluding carboxylic acids is 1. The first-order valence-electron chi connectivity index (χ1n) is 8.66. The van der Waals surface area contributed by atoms with Gasteiger partial charge < -0.3 is 10.0 Å². The second-order valence-corrected chi connectivity index (χ2v) is 6.79. The number of carbonyl (C=O) groups is 2. The van der Waals surface area contributed by atoms with Crippen LogP contribution in [0.2, 0.25) is 0 Å². The number of allylic oxidation sites excluding steroid dienone is 2. The molecule has 0 radical (unpaired) electrons. The Labute approximate surface area is 169 Å². The SMILES string of the molecule is C=CN(C/C=C/c1cccc(SCC(=O)O)c1)/C(=C\C)C(=O)c1cccnc1. The van der Waals surface area contributed by atoms with Gasteiger partial charge in [-0.25, -0.2) is 0 Å². The van der Waals surface area contributed by atoms with Gasteiger partial charge in [0.15, 0.2) is 0 Å². The molecule has 0 bridgehead atoms. The van der Waals surface area contributed by atoms with Crippen molar-refractivity contribution >= 4 is 29.6 Å². The highest BCUT2D eigenvalue weighted by Crippen LogP contribution is 2.20. The zero-order valence-electron chi connectivity index (χ0n) is 15.6. The van der Waals surface area contributed by atoms with E-state index in [1.54, 1.807) is 41.7 Å². The summed E-state index contributed by atoms with van der Waals surface area (Å²) < 4.78 is 0. The number of carboxylic acids is 1. The number of benzene rings is 1. The van der Waals surface area contributed by atoms with E-state index in [0.29, 0.717) is 17.8 Å². The van der Waals surface area contributed by atoms with Crippen molar-refractivity contribution in [2.45, 2.75) is 11.8 Å². The number of aliphatic carboxylic acids is 1. The lowest BCUT2D eigenvalue weighted by Gasteiger charge is -2.20. The number of carboxylic acid groups (broad SMARTS) is 1. The topological polar surface area (TPSA) is 70.5 Å². The molecular weight excluding hydrogens is 372 g/mol. The Morgan fingerprint density at radius 1 is 1.29 bits per heavy atom. The zero-order valence-corrected chi connectivity index (χ0v) is 16.4. The minimum Gasteiger partial charge on any atom is -0.481 e. The van der Waals surface area contributed by atoms with E-state index in [2.05, 4.69) is 11.6 Å². The minimum absolute atomic E-state index is 0.0263. The molecule has 0 amide bonds. The molecule has 0 saturated heterocycles. The number of ketones is 1. The maximum absolute atomic E-state index is 12.7. The summed E-state index contributed by atoms with van der Waals surface area (Å²) in [6.45, 7) is 6.10. The van der Waals surface area contributed by atoms with Gasteiger partial charge in [-0.2, -0.15) is 0 Å². The van der Waals surface area contributed by atoms with E-state index >= 15 is 0 Å². The van der Waals surface area contributed by atoms with Crippen LogP contribution in [0.5, 0.6) is 0 Å². The smallest absolute Gasteiger partial charge is 0.313 e. The van der Waals surface area contributed by atoms with Gasteiger partial charge in [-0.3, -0.25) is 14.6 Å². The summed E-state index contributed by atoms with van der Waals surface area (Å²) in [5.74, 6) is -0.931. The van der Waals surface area contributed by atoms with Gasteiger partial charge in [-0.15, -0.1) is 11.8 Å². The van der Waals surface area contributed by atoms with Crippen molar-refractivity contribution in [3.63, 3.8) is 0 Å². The lowest BCUT2D eigenvalue weighted by atomic mass is 10.1. The summed E-state index contributed by atoms with van der Waals surface area (Å²) in [7, 11) is 0. The first-order chi connectivity index (χ1) is 13.5. The van der Waals surface area contributed by atoms with E-state index in [0.717, 1.165) is 10.5 Å². The van der Waals surface area contributed by atoms with Crippen molar-refractivity contribution in [2.24, 2.45) is 0 Å². The molecule has 0 unspecified atom stereocenters. The van der Waals surface area contributed by atoms with Crippen molar-refractivity contribution < 1.29 is 14.7 Å². The van der Waals surface area contributed by atoms with Gasteiger partial charge in [0.05, 0.1) is 11.4 Å². The first kappa shape index (κ1) is 21.2. The van der Waals surface area contributed by atoms with Crippen molar-refractivity contribution in [2.75, 3.05) is 12.3 Å². The molecule has 2 rings (SSSR count). The molecule has 0 fully saturated rings. The Morgan fingerprint density at radius 3 is 2.75 bits per heavy atom. The Bertz CT molecular complexity index is 892. The van der Waals surface area contributed by atoms with E-state index in [9.17, 15) is 9.59 Å². The number of aromatic nitrogens is 1. The molecule has 0 atom stereocenters. The lowest BCUT2D eigenvalue weighted by molar-refractivity contribution is -0.133. The fraction of sp³-hybridized carbons (Fsp3) is 0.136. The monoisotopic (exact) mass is 394 g/mol. The van der Waals surface area contributed by atoms with Crippen LogP contribution in [0.3, 0.4) is 0 Å². The average molecular weight is 394 g/mol. The van der Waals surface area contributed by atoms with Crippen LogP contribution in [-0.2, 0) is 4.79 Å². The van der Waals surface area contributed by atoms with Crippen LogP contribution >= 0.6 is 11.8 Å². The summed E-state index contributed by atoms with van der Waals surface area (Å²) in [6.07, 6.45) is 10.4. The zero-order chi connectivity index (χ0) is 20.4. The maximum atomic E-state index is 12.7. The fourth-order valence-corrected chi connectivity index (χ4v) is 3.18. The summed E-state index contributed by atoms with van der Waals surface area (Å²) in [6, 6.07) is 11.1. The van der Waals surface area contributed by atoms with Gasteiger partial charge in [0.25, 0.3) is 0 Å². The Morgan fingerprint density at radius 2 is 2.11 bits per heavy atom. The van der Waals surface area contributed by atoms with Crippen LogP contribution in [0.1, 0.15) is 22.8 Å². The highest BCUT2D eigenvalue weighted by molar-refractivity contribution is 8.00. The van der Waals surface area contributed by atoms with Crippen LogP contribution in [0.25, 0.3) is 6.08 Å². The Balaban J connectivity index is 2.06. The highest BCUT2D eigenvalue weighted by atomic mass is 32.2. The van der Waals surface area contributed by atoms with Gasteiger partial charge in [-0.1, -0.05) is 36.9 Å². The molecule has 0 spiro atoms. The number of pyridine rings is 1. The molecule has 2 aromatic rings. The second kappa shape index (κ2) is 10.9. The van der Waals surface area contributed by atoms with Crippen LogP contribution in [-0.4, -0.2) is 39.0 Å². The molecule has 1 heterocycles. The van der Waals surface area contributed by atoms with Crippen molar-refractivity contribution in [1.82, 2.24) is 9.88 Å². The van der Waals surface area contributed by atoms with Crippen LogP contribution in [0.15, 0.2) is 84.3 Å². The summed E-state index contributed by atoms with van der Waals surface area (Å²) >= 11 is 1.28. The minimum atomic E-state index is -0.843. The van der Waals surface area contributed by atoms with Crippen LogP contribution < -0.4 is 0 Å². The van der Waals surface area contributed by atoms with Gasteiger partial charge >= 0.3 is 5.97 Å². The van der Waals surface area contributed by atoms with Crippen LogP contribution in [0.4, 0.5) is 0 Å². The highest BCUT2D eigenvalue weighted by Gasteiger charge is 2.15. The van der Waals surface area contributed by atoms with E-state index in [1.165, 1.54) is 11.8 Å². The number of nitrogens with zero attached hydrogens (tertiary/aromatic N) is 2.